The van der Waals surface area contributed by atoms with Crippen LogP contribution in [0.2, 0.25) is 0 Å². The van der Waals surface area contributed by atoms with Crippen molar-refractivity contribution in [3.05, 3.63) is 49.1 Å². The molecule has 1 saturated heterocycles. The number of nitrogens with one attached hydrogen (secondary N) is 1. The number of hydrogen-bond donors (Lipinski definition) is 1. The van der Waals surface area contributed by atoms with E-state index in [0.717, 1.165) is 79.9 Å². The van der Waals surface area contributed by atoms with E-state index in [1.165, 1.54) is 12.1 Å². The van der Waals surface area contributed by atoms with Gasteiger partial charge in [0.25, 0.3) is 0 Å². The van der Waals surface area contributed by atoms with Crippen molar-refractivity contribution < 1.29 is 9.00 Å². The molecule has 2 saturated carbocycles. The van der Waals surface area contributed by atoms with Crippen molar-refractivity contribution in [2.75, 3.05) is 29.5 Å². The van der Waals surface area contributed by atoms with E-state index >= 15 is 0 Å². The average Bonchev–Trinajstić information content (AvgIpc) is 3.32. The predicted molar refractivity (Wildman–Crippen MR) is 148 cm³/mol. The summed E-state index contributed by atoms with van der Waals surface area (Å²) in [7, 11) is 1.25. The van der Waals surface area contributed by atoms with Crippen molar-refractivity contribution >= 4 is 22.4 Å². The molecular weight excluding hydrogens is 498 g/mol. The van der Waals surface area contributed by atoms with Gasteiger partial charge in [-0.3, -0.25) is 13.7 Å². The minimum Gasteiger partial charge on any atom is -0.370 e. The van der Waals surface area contributed by atoms with Gasteiger partial charge >= 0.3 is 0 Å². The Hall–Kier alpha value is -3.45. The lowest BCUT2D eigenvalue weighted by Crippen LogP contribution is -2.40. The minimum absolute atomic E-state index is 0.115. The molecular formula is C28H35N7O2S. The van der Waals surface area contributed by atoms with Crippen molar-refractivity contribution in [1.82, 2.24) is 24.9 Å². The van der Waals surface area contributed by atoms with Gasteiger partial charge in [0.05, 0.1) is 24.7 Å². The van der Waals surface area contributed by atoms with E-state index in [4.69, 9.17) is 5.26 Å². The first-order valence-corrected chi connectivity index (χ1v) is 14.9. The third-order valence-electron chi connectivity index (χ3n) is 7.58. The maximum absolute atomic E-state index is 11.8. The second-order valence-corrected chi connectivity index (χ2v) is 12.1. The lowest BCUT2D eigenvalue weighted by molar-refractivity contribution is -0.126. The summed E-state index contributed by atoms with van der Waals surface area (Å²) >= 11 is 0. The molecule has 2 aromatic heterocycles. The van der Waals surface area contributed by atoms with Gasteiger partial charge in [-0.25, -0.2) is 4.68 Å². The van der Waals surface area contributed by atoms with Gasteiger partial charge in [-0.1, -0.05) is 31.4 Å². The van der Waals surface area contributed by atoms with Crippen molar-refractivity contribution in [1.29, 1.82) is 5.26 Å². The first-order valence-electron chi connectivity index (χ1n) is 13.4. The zero-order valence-corrected chi connectivity index (χ0v) is 22.7. The normalized spacial score (nSPS) is 19.2. The van der Waals surface area contributed by atoms with E-state index in [-0.39, 0.29) is 11.8 Å². The molecule has 2 aliphatic carbocycles. The van der Waals surface area contributed by atoms with Crippen molar-refractivity contribution in [2.24, 2.45) is 13.0 Å². The molecule has 0 unspecified atom stereocenters. The Balaban J connectivity index is 0.000000179. The fourth-order valence-electron chi connectivity index (χ4n) is 4.99. The number of nitriles is 1. The number of hydrogen-bond acceptors (Lipinski definition) is 6. The van der Waals surface area contributed by atoms with Gasteiger partial charge < -0.3 is 10.2 Å². The van der Waals surface area contributed by atoms with Gasteiger partial charge in [-0.15, -0.1) is 0 Å². The fraction of sp³-hybridized carbons (Fsp3) is 0.500. The van der Waals surface area contributed by atoms with Crippen LogP contribution < -0.4 is 10.2 Å². The summed E-state index contributed by atoms with van der Waals surface area (Å²) in [6.07, 6.45) is 14.9. The van der Waals surface area contributed by atoms with Gasteiger partial charge in [0, 0.05) is 65.8 Å². The molecule has 0 atom stereocenters. The smallest absolute Gasteiger partial charge is 0.224 e. The number of aromatic nitrogens is 4. The van der Waals surface area contributed by atoms with Gasteiger partial charge in [-0.2, -0.15) is 15.5 Å². The molecule has 10 heteroatoms. The molecule has 6 rings (SSSR count). The number of benzene rings is 1. The standard InChI is InChI=1S/C17H19N5OS.C11H16N2O/c1-20-13-17(11-18-20)22-12-15(10-19-22)14-2-4-16(5-3-14)21-6-8-24(23)9-7-21;12-8-11(6-7-11)13-10(14)9-4-2-1-3-5-9/h2-5,10-13H,6-9H2,1H3;9H,1-7H2,(H,13,14). The number of carbonyl (C=O) groups is 1. The fourth-order valence-corrected chi connectivity index (χ4v) is 6.05. The molecule has 3 aliphatic rings. The highest BCUT2D eigenvalue weighted by Gasteiger charge is 2.45. The highest BCUT2D eigenvalue weighted by atomic mass is 32.2. The molecule has 1 aromatic carbocycles. The van der Waals surface area contributed by atoms with Crippen molar-refractivity contribution in [3.63, 3.8) is 0 Å². The zero-order chi connectivity index (χ0) is 26.5. The maximum atomic E-state index is 11.8. The Kier molecular flexibility index (Phi) is 7.93. The first-order chi connectivity index (χ1) is 18.4. The number of amides is 1. The first kappa shape index (κ1) is 26.2. The lowest BCUT2D eigenvalue weighted by Gasteiger charge is -2.28. The Morgan fingerprint density at radius 3 is 2.32 bits per heavy atom. The molecule has 3 heterocycles. The van der Waals surface area contributed by atoms with Crippen LogP contribution in [0.15, 0.2) is 49.1 Å². The zero-order valence-electron chi connectivity index (χ0n) is 21.9. The van der Waals surface area contributed by atoms with E-state index in [1.807, 2.05) is 30.3 Å². The van der Waals surface area contributed by atoms with E-state index in [9.17, 15) is 9.00 Å². The van der Waals surface area contributed by atoms with Gasteiger partial charge in [0.1, 0.15) is 11.2 Å². The van der Waals surface area contributed by atoms with Crippen LogP contribution in [0.1, 0.15) is 44.9 Å². The van der Waals surface area contributed by atoms with Gasteiger partial charge in [0.15, 0.2) is 0 Å². The largest absolute Gasteiger partial charge is 0.370 e. The molecule has 38 heavy (non-hydrogen) atoms. The Labute approximate surface area is 226 Å². The van der Waals surface area contributed by atoms with Crippen LogP contribution in [-0.2, 0) is 22.6 Å². The SMILES string of the molecule is Cn1cc(-n2cc(-c3ccc(N4CCS(=O)CC4)cc3)cn2)cn1.N#CC1(NC(=O)C2CCCCC2)CC1. The van der Waals surface area contributed by atoms with Crippen LogP contribution in [0.3, 0.4) is 0 Å². The summed E-state index contributed by atoms with van der Waals surface area (Å²) in [5, 5.41) is 20.3. The average molecular weight is 534 g/mol. The van der Waals surface area contributed by atoms with E-state index in [2.05, 4.69) is 50.7 Å². The summed E-state index contributed by atoms with van der Waals surface area (Å²) in [5.41, 5.74) is 3.87. The second-order valence-electron chi connectivity index (χ2n) is 10.4. The van der Waals surface area contributed by atoms with Crippen LogP contribution in [-0.4, -0.2) is 59.8 Å². The Morgan fingerprint density at radius 1 is 1.00 bits per heavy atom. The molecule has 3 aromatic rings. The van der Waals surface area contributed by atoms with E-state index in [0.29, 0.717) is 0 Å². The maximum Gasteiger partial charge on any atom is 0.224 e. The summed E-state index contributed by atoms with van der Waals surface area (Å²) < 4.78 is 15.1. The molecule has 1 aliphatic heterocycles. The Bertz CT molecular complexity index is 1300. The monoisotopic (exact) mass is 533 g/mol. The highest BCUT2D eigenvalue weighted by molar-refractivity contribution is 7.85. The molecule has 0 bridgehead atoms. The quantitative estimate of drug-likeness (QED) is 0.537. The topological polar surface area (TPSA) is 109 Å². The number of anilines is 1. The van der Waals surface area contributed by atoms with Crippen molar-refractivity contribution in [3.8, 4) is 22.9 Å². The number of rotatable bonds is 5. The van der Waals surface area contributed by atoms with Crippen molar-refractivity contribution in [2.45, 2.75) is 50.5 Å². The van der Waals surface area contributed by atoms with Gasteiger partial charge in [-0.05, 0) is 43.4 Å². The molecule has 1 amide bonds. The number of aryl methyl sites for hydroxylation is 1. The van der Waals surface area contributed by atoms with Crippen LogP contribution >= 0.6 is 0 Å². The highest BCUT2D eigenvalue weighted by Crippen LogP contribution is 2.35. The van der Waals surface area contributed by atoms with Gasteiger partial charge in [0.2, 0.25) is 5.91 Å². The number of carbonyl (C=O) groups excluding carboxylic acids is 1. The summed E-state index contributed by atoms with van der Waals surface area (Å²) in [6, 6.07) is 10.7. The third kappa shape index (κ3) is 6.33. The molecule has 0 spiro atoms. The summed E-state index contributed by atoms with van der Waals surface area (Å²) in [4.78, 5) is 14.0. The second kappa shape index (κ2) is 11.5. The summed E-state index contributed by atoms with van der Waals surface area (Å²) in [6.45, 7) is 1.73. The predicted octanol–water partition coefficient (Wildman–Crippen LogP) is 3.58. The lowest BCUT2D eigenvalue weighted by atomic mass is 9.88. The molecule has 1 N–H and O–H groups in total. The van der Waals surface area contributed by atoms with Crippen LogP contribution in [0, 0.1) is 17.2 Å². The summed E-state index contributed by atoms with van der Waals surface area (Å²) in [5.74, 6) is 1.82. The third-order valence-corrected chi connectivity index (χ3v) is 8.86. The number of nitrogens with zero attached hydrogens (tertiary/aromatic N) is 6. The molecule has 200 valence electrons. The Morgan fingerprint density at radius 2 is 1.71 bits per heavy atom. The molecule has 0 radical (unpaired) electrons. The molecule has 3 fully saturated rings. The van der Waals surface area contributed by atoms with Crippen LogP contribution in [0.4, 0.5) is 5.69 Å². The van der Waals surface area contributed by atoms with Crippen LogP contribution in [0.5, 0.6) is 0 Å². The van der Waals surface area contributed by atoms with E-state index in [1.54, 1.807) is 10.9 Å². The molecule has 9 nitrogen and oxygen atoms in total. The van der Waals surface area contributed by atoms with E-state index < -0.39 is 16.3 Å². The minimum atomic E-state index is -0.642. The van der Waals surface area contributed by atoms with Crippen LogP contribution in [0.25, 0.3) is 16.8 Å².